The highest BCUT2D eigenvalue weighted by atomic mass is 32.2. The number of thioether (sulfide) groups is 1. The second-order valence-electron chi connectivity index (χ2n) is 3.07. The predicted octanol–water partition coefficient (Wildman–Crippen LogP) is 1.44. The van der Waals surface area contributed by atoms with Crippen LogP contribution in [0.3, 0.4) is 0 Å². The van der Waals surface area contributed by atoms with E-state index in [4.69, 9.17) is 5.11 Å². The van der Waals surface area contributed by atoms with Crippen LogP contribution in [0.4, 0.5) is 8.78 Å². The highest BCUT2D eigenvalue weighted by molar-refractivity contribution is 7.98. The van der Waals surface area contributed by atoms with Gasteiger partial charge in [0, 0.05) is 6.04 Å². The Labute approximate surface area is 86.3 Å². The monoisotopic (exact) mass is 227 g/mol. The van der Waals surface area contributed by atoms with Gasteiger partial charge < -0.3 is 10.4 Å². The Balaban J connectivity index is 3.75. The molecule has 0 aliphatic rings. The van der Waals surface area contributed by atoms with E-state index in [0.29, 0.717) is 0 Å². The maximum absolute atomic E-state index is 12.6. The van der Waals surface area contributed by atoms with Gasteiger partial charge in [-0.15, -0.1) is 0 Å². The van der Waals surface area contributed by atoms with E-state index >= 15 is 0 Å². The smallest absolute Gasteiger partial charge is 0.375 e. The van der Waals surface area contributed by atoms with Crippen LogP contribution in [0.15, 0.2) is 0 Å². The summed E-state index contributed by atoms with van der Waals surface area (Å²) >= 11 is 1.63. The lowest BCUT2D eigenvalue weighted by molar-refractivity contribution is -0.164. The largest absolute Gasteiger partial charge is 0.477 e. The molecule has 0 saturated heterocycles. The van der Waals surface area contributed by atoms with Crippen LogP contribution in [0.1, 0.15) is 13.3 Å². The Kier molecular flexibility index (Phi) is 6.03. The molecule has 1 unspecified atom stereocenters. The summed E-state index contributed by atoms with van der Waals surface area (Å²) < 4.78 is 25.1. The first-order chi connectivity index (χ1) is 6.40. The number of carboxylic acids is 1. The van der Waals surface area contributed by atoms with E-state index in [2.05, 4.69) is 5.32 Å². The first-order valence-electron chi connectivity index (χ1n) is 4.23. The minimum absolute atomic E-state index is 0.0901. The fraction of sp³-hybridized carbons (Fsp3) is 0.875. The van der Waals surface area contributed by atoms with Crippen LogP contribution in [0.5, 0.6) is 0 Å². The van der Waals surface area contributed by atoms with E-state index in [0.717, 1.165) is 12.2 Å². The van der Waals surface area contributed by atoms with E-state index in [-0.39, 0.29) is 6.04 Å². The molecule has 2 N–H and O–H groups in total. The SMILES string of the molecule is CSCCC(C)NCC(F)(F)C(=O)O. The third-order valence-corrected chi connectivity index (χ3v) is 2.38. The van der Waals surface area contributed by atoms with Crippen molar-refractivity contribution in [1.82, 2.24) is 5.32 Å². The minimum Gasteiger partial charge on any atom is -0.477 e. The summed E-state index contributed by atoms with van der Waals surface area (Å²) in [4.78, 5) is 10.1. The quantitative estimate of drug-likeness (QED) is 0.691. The molecule has 0 rings (SSSR count). The zero-order valence-electron chi connectivity index (χ0n) is 8.22. The van der Waals surface area contributed by atoms with Gasteiger partial charge >= 0.3 is 11.9 Å². The zero-order chi connectivity index (χ0) is 11.2. The highest BCUT2D eigenvalue weighted by Crippen LogP contribution is 2.12. The van der Waals surface area contributed by atoms with Gasteiger partial charge in [-0.1, -0.05) is 0 Å². The van der Waals surface area contributed by atoms with Gasteiger partial charge in [0.2, 0.25) is 0 Å². The molecule has 84 valence electrons. The van der Waals surface area contributed by atoms with Crippen molar-refractivity contribution >= 4 is 17.7 Å². The van der Waals surface area contributed by atoms with Gasteiger partial charge in [0.15, 0.2) is 0 Å². The Morgan fingerprint density at radius 2 is 2.21 bits per heavy atom. The molecule has 0 saturated carbocycles. The van der Waals surface area contributed by atoms with Gasteiger partial charge in [-0.2, -0.15) is 20.5 Å². The Morgan fingerprint density at radius 1 is 1.64 bits per heavy atom. The number of carbonyl (C=O) groups is 1. The van der Waals surface area contributed by atoms with Crippen molar-refractivity contribution in [2.45, 2.75) is 25.3 Å². The lowest BCUT2D eigenvalue weighted by Gasteiger charge is -2.16. The summed E-state index contributed by atoms with van der Waals surface area (Å²) in [5, 5.41) is 10.6. The summed E-state index contributed by atoms with van der Waals surface area (Å²) in [6.45, 7) is 0.950. The molecule has 6 heteroatoms. The molecular weight excluding hydrogens is 212 g/mol. The van der Waals surface area contributed by atoms with E-state index in [1.54, 1.807) is 18.7 Å². The fourth-order valence-electron chi connectivity index (χ4n) is 0.775. The van der Waals surface area contributed by atoms with Crippen molar-refractivity contribution in [3.8, 4) is 0 Å². The van der Waals surface area contributed by atoms with Crippen molar-refractivity contribution in [3.05, 3.63) is 0 Å². The molecule has 0 spiro atoms. The lowest BCUT2D eigenvalue weighted by Crippen LogP contribution is -2.43. The Hall–Kier alpha value is -0.360. The van der Waals surface area contributed by atoms with Crippen LogP contribution >= 0.6 is 11.8 Å². The molecule has 0 aliphatic carbocycles. The van der Waals surface area contributed by atoms with Crippen LogP contribution in [0.25, 0.3) is 0 Å². The molecule has 0 aromatic carbocycles. The number of alkyl halides is 2. The third kappa shape index (κ3) is 5.39. The second kappa shape index (κ2) is 6.19. The molecule has 0 aromatic heterocycles. The molecular formula is C8H15F2NO2S. The van der Waals surface area contributed by atoms with Gasteiger partial charge in [-0.3, -0.25) is 0 Å². The number of nitrogens with one attached hydrogen (secondary N) is 1. The van der Waals surface area contributed by atoms with Crippen molar-refractivity contribution in [2.24, 2.45) is 0 Å². The van der Waals surface area contributed by atoms with Crippen molar-refractivity contribution in [3.63, 3.8) is 0 Å². The number of hydrogen-bond donors (Lipinski definition) is 2. The van der Waals surface area contributed by atoms with E-state index in [1.807, 2.05) is 6.26 Å². The molecule has 0 radical (unpaired) electrons. The molecule has 0 bridgehead atoms. The van der Waals surface area contributed by atoms with Gasteiger partial charge in [-0.05, 0) is 25.4 Å². The summed E-state index contributed by atoms with van der Waals surface area (Å²) in [5.41, 5.74) is 0. The van der Waals surface area contributed by atoms with Gasteiger partial charge in [0.1, 0.15) is 0 Å². The van der Waals surface area contributed by atoms with E-state index < -0.39 is 18.4 Å². The fourth-order valence-corrected chi connectivity index (χ4v) is 1.36. The summed E-state index contributed by atoms with van der Waals surface area (Å²) in [6.07, 6.45) is 2.68. The number of halogens is 2. The molecule has 0 fully saturated rings. The summed E-state index contributed by atoms with van der Waals surface area (Å²) in [6, 6.07) is -0.0901. The molecule has 1 atom stereocenters. The standard InChI is InChI=1S/C8H15F2NO2S/c1-6(3-4-14-2)11-5-8(9,10)7(12)13/h6,11H,3-5H2,1-2H3,(H,12,13). The number of aliphatic carboxylic acids is 1. The highest BCUT2D eigenvalue weighted by Gasteiger charge is 2.38. The van der Waals surface area contributed by atoms with Crippen LogP contribution in [-0.2, 0) is 4.79 Å². The average molecular weight is 227 g/mol. The molecule has 3 nitrogen and oxygen atoms in total. The molecule has 14 heavy (non-hydrogen) atoms. The van der Waals surface area contributed by atoms with Gasteiger partial charge in [0.05, 0.1) is 6.54 Å². The molecule has 0 aromatic rings. The van der Waals surface area contributed by atoms with Crippen molar-refractivity contribution in [2.75, 3.05) is 18.6 Å². The second-order valence-corrected chi connectivity index (χ2v) is 4.06. The first kappa shape index (κ1) is 13.6. The zero-order valence-corrected chi connectivity index (χ0v) is 9.03. The van der Waals surface area contributed by atoms with Crippen LogP contribution in [0.2, 0.25) is 0 Å². The number of rotatable bonds is 7. The summed E-state index contributed by atoms with van der Waals surface area (Å²) in [7, 11) is 0. The molecule has 0 heterocycles. The summed E-state index contributed by atoms with van der Waals surface area (Å²) in [5.74, 6) is -4.89. The predicted molar refractivity (Wildman–Crippen MR) is 53.0 cm³/mol. The van der Waals surface area contributed by atoms with Crippen molar-refractivity contribution in [1.29, 1.82) is 0 Å². The minimum atomic E-state index is -3.67. The Bertz CT molecular complexity index is 190. The maximum atomic E-state index is 12.6. The van der Waals surface area contributed by atoms with Crippen molar-refractivity contribution < 1.29 is 18.7 Å². The van der Waals surface area contributed by atoms with Gasteiger partial charge in [0.25, 0.3) is 0 Å². The number of hydrogen-bond acceptors (Lipinski definition) is 3. The van der Waals surface area contributed by atoms with Crippen LogP contribution in [0, 0.1) is 0 Å². The normalized spacial score (nSPS) is 14.0. The van der Waals surface area contributed by atoms with Crippen LogP contribution < -0.4 is 5.32 Å². The maximum Gasteiger partial charge on any atom is 0.375 e. The molecule has 0 amide bonds. The topological polar surface area (TPSA) is 49.3 Å². The third-order valence-electron chi connectivity index (χ3n) is 1.74. The molecule has 0 aliphatic heterocycles. The first-order valence-corrected chi connectivity index (χ1v) is 5.63. The van der Waals surface area contributed by atoms with Crippen LogP contribution in [-0.4, -0.2) is 41.6 Å². The van der Waals surface area contributed by atoms with E-state index in [9.17, 15) is 13.6 Å². The lowest BCUT2D eigenvalue weighted by atomic mass is 10.2. The van der Waals surface area contributed by atoms with E-state index in [1.165, 1.54) is 0 Å². The van der Waals surface area contributed by atoms with Gasteiger partial charge in [-0.25, -0.2) is 4.79 Å². The number of carboxylic acid groups (broad SMARTS) is 1. The Morgan fingerprint density at radius 3 is 2.64 bits per heavy atom. The average Bonchev–Trinajstić information content (AvgIpc) is 2.11.